The van der Waals surface area contributed by atoms with Crippen molar-refractivity contribution in [1.82, 2.24) is 0 Å². The first kappa shape index (κ1) is 11.7. The van der Waals surface area contributed by atoms with Crippen LogP contribution < -0.4 is 0 Å². The number of unbranched alkanes of at least 4 members (excludes halogenated alkanes) is 1. The second-order valence-electron chi connectivity index (χ2n) is 3.16. The normalized spacial score (nSPS) is 14.1. The lowest BCUT2D eigenvalue weighted by atomic mass is 10.2. The van der Waals surface area contributed by atoms with Crippen LogP contribution in [0.2, 0.25) is 0 Å². The van der Waals surface area contributed by atoms with Crippen molar-refractivity contribution in [3.63, 3.8) is 0 Å². The van der Waals surface area contributed by atoms with Crippen LogP contribution >= 0.6 is 11.3 Å². The molecule has 0 amide bonds. The van der Waals surface area contributed by atoms with Crippen molar-refractivity contribution in [1.29, 1.82) is 0 Å². The number of hydrogen-bond donors (Lipinski definition) is 1. The van der Waals surface area contributed by atoms with Crippen molar-refractivity contribution in [2.75, 3.05) is 0 Å². The lowest BCUT2D eigenvalue weighted by Gasteiger charge is -2.10. The molecule has 14 heavy (non-hydrogen) atoms. The Bertz CT molecular complexity index is 353. The molecule has 1 atom stereocenters. The van der Waals surface area contributed by atoms with Gasteiger partial charge in [-0.2, -0.15) is 8.42 Å². The van der Waals surface area contributed by atoms with Crippen molar-refractivity contribution >= 4 is 21.5 Å². The zero-order valence-corrected chi connectivity index (χ0v) is 9.64. The Balaban J connectivity index is 2.84. The molecule has 0 aliphatic rings. The first-order valence-electron chi connectivity index (χ1n) is 4.55. The summed E-state index contributed by atoms with van der Waals surface area (Å²) in [6.07, 6.45) is 2.23. The highest BCUT2D eigenvalue weighted by atomic mass is 32.2. The maximum Gasteiger partial charge on any atom is 0.272 e. The Labute approximate surface area is 88.5 Å². The monoisotopic (exact) mass is 234 g/mol. The average Bonchev–Trinajstić information content (AvgIpc) is 2.55. The molecule has 1 N–H and O–H groups in total. The Morgan fingerprint density at radius 2 is 2.29 bits per heavy atom. The Morgan fingerprint density at radius 1 is 1.57 bits per heavy atom. The van der Waals surface area contributed by atoms with Gasteiger partial charge in [-0.05, 0) is 17.9 Å². The maximum absolute atomic E-state index is 11.1. The van der Waals surface area contributed by atoms with Crippen molar-refractivity contribution < 1.29 is 13.0 Å². The molecular formula is C9H14O3S2. The number of thiophene rings is 1. The fraction of sp³-hybridized carbons (Fsp3) is 0.556. The molecule has 0 bridgehead atoms. The Hall–Kier alpha value is -0.390. The molecular weight excluding hydrogens is 220 g/mol. The molecule has 1 aromatic heterocycles. The largest absolute Gasteiger partial charge is 0.285 e. The van der Waals surface area contributed by atoms with E-state index in [9.17, 15) is 8.42 Å². The fourth-order valence-electron chi connectivity index (χ4n) is 1.30. The first-order valence-corrected chi connectivity index (χ1v) is 6.93. The van der Waals surface area contributed by atoms with E-state index in [0.717, 1.165) is 17.7 Å². The predicted molar refractivity (Wildman–Crippen MR) is 58.1 cm³/mol. The van der Waals surface area contributed by atoms with Crippen molar-refractivity contribution in [2.24, 2.45) is 0 Å². The minimum absolute atomic E-state index is 0.496. The summed E-state index contributed by atoms with van der Waals surface area (Å²) >= 11 is 1.37. The summed E-state index contributed by atoms with van der Waals surface area (Å²) in [5.41, 5.74) is 0. The zero-order valence-electron chi connectivity index (χ0n) is 8.01. The highest BCUT2D eigenvalue weighted by Gasteiger charge is 2.24. The average molecular weight is 234 g/mol. The first-order chi connectivity index (χ1) is 6.55. The number of rotatable bonds is 5. The third kappa shape index (κ3) is 3.08. The third-order valence-electron chi connectivity index (χ3n) is 2.04. The lowest BCUT2D eigenvalue weighted by molar-refractivity contribution is 0.462. The van der Waals surface area contributed by atoms with Gasteiger partial charge in [0, 0.05) is 4.88 Å². The quantitative estimate of drug-likeness (QED) is 0.797. The van der Waals surface area contributed by atoms with E-state index in [-0.39, 0.29) is 0 Å². The second kappa shape index (κ2) is 4.91. The summed E-state index contributed by atoms with van der Waals surface area (Å²) in [6, 6.07) is 3.54. The zero-order chi connectivity index (χ0) is 10.6. The van der Waals surface area contributed by atoms with E-state index in [1.54, 1.807) is 12.1 Å². The lowest BCUT2D eigenvalue weighted by Crippen LogP contribution is -2.10. The predicted octanol–water partition coefficient (Wildman–Crippen LogP) is 2.87. The maximum atomic E-state index is 11.1. The molecule has 1 aromatic rings. The minimum atomic E-state index is -3.95. The Morgan fingerprint density at radius 3 is 2.71 bits per heavy atom. The van der Waals surface area contributed by atoms with Gasteiger partial charge in [0.2, 0.25) is 0 Å². The molecule has 0 aromatic carbocycles. The van der Waals surface area contributed by atoms with Crippen molar-refractivity contribution in [2.45, 2.75) is 31.4 Å². The highest BCUT2D eigenvalue weighted by Crippen LogP contribution is 2.30. The van der Waals surface area contributed by atoms with Gasteiger partial charge >= 0.3 is 0 Å². The molecule has 1 heterocycles. The fourth-order valence-corrected chi connectivity index (χ4v) is 3.41. The molecule has 0 fully saturated rings. The SMILES string of the molecule is CCCCC(c1cccs1)S(=O)(=O)O. The molecule has 80 valence electrons. The van der Waals surface area contributed by atoms with E-state index in [1.807, 2.05) is 12.3 Å². The van der Waals surface area contributed by atoms with E-state index in [0.29, 0.717) is 6.42 Å². The van der Waals surface area contributed by atoms with Crippen molar-refractivity contribution in [3.05, 3.63) is 22.4 Å². The van der Waals surface area contributed by atoms with Gasteiger partial charge in [-0.25, -0.2) is 0 Å². The van der Waals surface area contributed by atoms with Gasteiger partial charge in [-0.1, -0.05) is 25.8 Å². The summed E-state index contributed by atoms with van der Waals surface area (Å²) in [5, 5.41) is 1.09. The molecule has 0 aliphatic carbocycles. The van der Waals surface area contributed by atoms with Crippen LogP contribution in [0, 0.1) is 0 Å². The van der Waals surface area contributed by atoms with Gasteiger partial charge in [0.1, 0.15) is 5.25 Å². The highest BCUT2D eigenvalue weighted by molar-refractivity contribution is 7.86. The summed E-state index contributed by atoms with van der Waals surface area (Å²) in [5.74, 6) is 0. The molecule has 0 saturated heterocycles. The van der Waals surface area contributed by atoms with Gasteiger partial charge in [-0.15, -0.1) is 11.3 Å². The van der Waals surface area contributed by atoms with Crippen LogP contribution in [0.25, 0.3) is 0 Å². The van der Waals surface area contributed by atoms with E-state index in [4.69, 9.17) is 4.55 Å². The van der Waals surface area contributed by atoms with Gasteiger partial charge in [-0.3, -0.25) is 4.55 Å². The topological polar surface area (TPSA) is 54.4 Å². The van der Waals surface area contributed by atoms with E-state index in [2.05, 4.69) is 0 Å². The summed E-state index contributed by atoms with van der Waals surface area (Å²) < 4.78 is 31.3. The van der Waals surface area contributed by atoms with Crippen LogP contribution in [0.5, 0.6) is 0 Å². The van der Waals surface area contributed by atoms with E-state index < -0.39 is 15.4 Å². The second-order valence-corrected chi connectivity index (χ2v) is 5.74. The summed E-state index contributed by atoms with van der Waals surface area (Å²) in [4.78, 5) is 0.723. The molecule has 0 spiro atoms. The minimum Gasteiger partial charge on any atom is -0.285 e. The molecule has 3 nitrogen and oxygen atoms in total. The van der Waals surface area contributed by atoms with Crippen LogP contribution in [0.4, 0.5) is 0 Å². The molecule has 1 rings (SSSR count). The Kier molecular flexibility index (Phi) is 4.10. The summed E-state index contributed by atoms with van der Waals surface area (Å²) in [7, 11) is -3.95. The van der Waals surface area contributed by atoms with Crippen LogP contribution in [0.1, 0.15) is 36.3 Å². The smallest absolute Gasteiger partial charge is 0.272 e. The van der Waals surface area contributed by atoms with Crippen LogP contribution in [-0.2, 0) is 10.1 Å². The van der Waals surface area contributed by atoms with Gasteiger partial charge in [0.05, 0.1) is 0 Å². The molecule has 1 unspecified atom stereocenters. The van der Waals surface area contributed by atoms with Gasteiger partial charge in [0.15, 0.2) is 0 Å². The van der Waals surface area contributed by atoms with Gasteiger partial charge in [0.25, 0.3) is 10.1 Å². The standard InChI is InChI=1S/C9H14O3S2/c1-2-3-6-9(14(10,11)12)8-5-4-7-13-8/h4-5,7,9H,2-3,6H2,1H3,(H,10,11,12). The van der Waals surface area contributed by atoms with Crippen molar-refractivity contribution in [3.8, 4) is 0 Å². The third-order valence-corrected chi connectivity index (χ3v) is 4.38. The van der Waals surface area contributed by atoms with Crippen LogP contribution in [0.3, 0.4) is 0 Å². The van der Waals surface area contributed by atoms with Crippen LogP contribution in [-0.4, -0.2) is 13.0 Å². The molecule has 0 saturated carbocycles. The molecule has 0 radical (unpaired) electrons. The van der Waals surface area contributed by atoms with E-state index >= 15 is 0 Å². The van der Waals surface area contributed by atoms with Crippen LogP contribution in [0.15, 0.2) is 17.5 Å². The molecule has 5 heteroatoms. The number of hydrogen-bond acceptors (Lipinski definition) is 3. The summed E-state index contributed by atoms with van der Waals surface area (Å²) in [6.45, 7) is 2.00. The van der Waals surface area contributed by atoms with Gasteiger partial charge < -0.3 is 0 Å². The molecule has 0 aliphatic heterocycles. The van der Waals surface area contributed by atoms with E-state index in [1.165, 1.54) is 11.3 Å².